The Kier molecular flexibility index (Phi) is 8.75. The fourth-order valence-corrected chi connectivity index (χ4v) is 5.24. The number of carboxylic acids is 1. The number of carbonyl (C=O) groups excluding carboxylic acids is 1. The van der Waals surface area contributed by atoms with E-state index in [1.807, 2.05) is 0 Å². The second-order valence-electron chi connectivity index (χ2n) is 8.82. The molecule has 0 radical (unpaired) electrons. The van der Waals surface area contributed by atoms with Crippen LogP contribution in [0.15, 0.2) is 27.8 Å². The number of aliphatic carboxylic acids is 1. The first-order chi connectivity index (χ1) is 17.9. The molecule has 3 aromatic rings. The van der Waals surface area contributed by atoms with Crippen molar-refractivity contribution in [3.63, 3.8) is 0 Å². The number of aryl methyl sites for hydroxylation is 1. The first kappa shape index (κ1) is 29.0. The van der Waals surface area contributed by atoms with Gasteiger partial charge >= 0.3 is 17.6 Å². The normalized spacial score (nSPS) is 12.5. The molecule has 0 fully saturated rings. The lowest BCUT2D eigenvalue weighted by Gasteiger charge is -2.25. The largest absolute Gasteiger partial charge is 0.496 e. The van der Waals surface area contributed by atoms with Gasteiger partial charge in [0, 0.05) is 5.56 Å². The van der Waals surface area contributed by atoms with Crippen molar-refractivity contribution < 1.29 is 38.4 Å². The van der Waals surface area contributed by atoms with Gasteiger partial charge in [0.15, 0.2) is 0 Å². The zero-order valence-corrected chi connectivity index (χ0v) is 22.4. The van der Waals surface area contributed by atoms with Gasteiger partial charge in [-0.1, -0.05) is 0 Å². The molecule has 13 heteroatoms. The van der Waals surface area contributed by atoms with E-state index in [2.05, 4.69) is 0 Å². The first-order valence-electron chi connectivity index (χ1n) is 11.7. The van der Waals surface area contributed by atoms with Gasteiger partial charge in [0.2, 0.25) is 0 Å². The molecule has 11 nitrogen and oxygen atoms in total. The molecule has 0 saturated carbocycles. The molecular weight excluding hydrogens is 523 g/mol. The van der Waals surface area contributed by atoms with Crippen molar-refractivity contribution in [3.8, 4) is 5.75 Å². The van der Waals surface area contributed by atoms with E-state index in [0.29, 0.717) is 4.57 Å². The highest BCUT2D eigenvalue weighted by Gasteiger charge is 2.36. The lowest BCUT2D eigenvalue weighted by molar-refractivity contribution is -0.146. The average Bonchev–Trinajstić information content (AvgIpc) is 3.21. The Morgan fingerprint density at radius 1 is 1.24 bits per heavy atom. The molecule has 0 aliphatic carbocycles. The fraction of sp³-hybridized carbons (Fsp3) is 0.440. The topological polar surface area (TPSA) is 146 Å². The Morgan fingerprint density at radius 3 is 2.50 bits per heavy atom. The monoisotopic (exact) mass is 552 g/mol. The highest BCUT2D eigenvalue weighted by atomic mass is 32.1. The second kappa shape index (κ2) is 11.5. The first-order valence-corrected chi connectivity index (χ1v) is 12.5. The highest BCUT2D eigenvalue weighted by Crippen LogP contribution is 2.33. The number of halogens is 1. The van der Waals surface area contributed by atoms with Gasteiger partial charge in [-0.2, -0.15) is 0 Å². The predicted molar refractivity (Wildman–Crippen MR) is 137 cm³/mol. The third kappa shape index (κ3) is 5.22. The second-order valence-corrected chi connectivity index (χ2v) is 9.82. The van der Waals surface area contributed by atoms with E-state index in [-0.39, 0.29) is 58.3 Å². The van der Waals surface area contributed by atoms with Crippen LogP contribution < -0.4 is 16.0 Å². The van der Waals surface area contributed by atoms with Gasteiger partial charge in [-0.15, -0.1) is 11.3 Å². The quantitative estimate of drug-likeness (QED) is 0.342. The molecule has 0 aliphatic rings. The van der Waals surface area contributed by atoms with Gasteiger partial charge in [-0.3, -0.25) is 9.36 Å². The van der Waals surface area contributed by atoms with Crippen molar-refractivity contribution >= 4 is 33.5 Å². The van der Waals surface area contributed by atoms with Crippen molar-refractivity contribution in [2.75, 3.05) is 26.9 Å². The van der Waals surface area contributed by atoms with Gasteiger partial charge in [-0.25, -0.2) is 23.3 Å². The zero-order chi connectivity index (χ0) is 28.4. The number of aromatic nitrogens is 2. The van der Waals surface area contributed by atoms with Gasteiger partial charge in [-0.05, 0) is 51.5 Å². The zero-order valence-electron chi connectivity index (χ0n) is 21.6. The van der Waals surface area contributed by atoms with E-state index < -0.39 is 40.6 Å². The minimum absolute atomic E-state index is 0.0286. The van der Waals surface area contributed by atoms with Crippen LogP contribution in [0.4, 0.5) is 4.39 Å². The molecule has 1 aromatic carbocycles. The maximum Gasteiger partial charge on any atom is 0.348 e. The van der Waals surface area contributed by atoms with E-state index in [0.717, 1.165) is 22.0 Å². The van der Waals surface area contributed by atoms with Crippen LogP contribution in [0, 0.1) is 12.7 Å². The Balaban J connectivity index is 2.40. The number of hydrogen-bond donors (Lipinski definition) is 2. The maximum absolute atomic E-state index is 14.2. The summed E-state index contributed by atoms with van der Waals surface area (Å²) in [5.41, 5.74) is -3.36. The summed E-state index contributed by atoms with van der Waals surface area (Å²) in [6, 6.07) is 3.71. The molecule has 0 bridgehead atoms. The summed E-state index contributed by atoms with van der Waals surface area (Å²) >= 11 is 0.846. The molecule has 1 atom stereocenters. The van der Waals surface area contributed by atoms with Crippen LogP contribution in [0.25, 0.3) is 10.2 Å². The van der Waals surface area contributed by atoms with E-state index >= 15 is 0 Å². The fourth-order valence-electron chi connectivity index (χ4n) is 4.05. The number of benzene rings is 1. The molecule has 0 amide bonds. The molecule has 0 spiro atoms. The van der Waals surface area contributed by atoms with Crippen LogP contribution in [0.2, 0.25) is 0 Å². The average molecular weight is 553 g/mol. The Hall–Kier alpha value is -3.55. The summed E-state index contributed by atoms with van der Waals surface area (Å²) in [5.74, 6) is -2.49. The van der Waals surface area contributed by atoms with Crippen molar-refractivity contribution in [1.82, 2.24) is 9.13 Å². The van der Waals surface area contributed by atoms with Crippen molar-refractivity contribution in [2.24, 2.45) is 0 Å². The standard InChI is InChI=1S/C25H29FN2O9S/c1-6-36-22(31)19-13(2)18-20(30)28(25(3,4)23(32)33)24(34)27(21(18)38-19)12-17(37-10-9-29)15-11-14(26)7-8-16(15)35-5/h7-8,11,17,29H,6,9-10,12H2,1-5H3,(H,32,33)/t17-/m0/s1. The van der Waals surface area contributed by atoms with Gasteiger partial charge < -0.3 is 24.4 Å². The molecule has 2 aromatic heterocycles. The van der Waals surface area contributed by atoms with E-state index in [1.54, 1.807) is 6.92 Å². The number of carbonyl (C=O) groups is 2. The van der Waals surface area contributed by atoms with Crippen molar-refractivity contribution in [1.29, 1.82) is 0 Å². The molecule has 3 rings (SSSR count). The van der Waals surface area contributed by atoms with Crippen LogP contribution >= 0.6 is 11.3 Å². The number of aliphatic hydroxyl groups is 1. The minimum Gasteiger partial charge on any atom is -0.496 e. The van der Waals surface area contributed by atoms with Crippen molar-refractivity contribution in [2.45, 2.75) is 45.9 Å². The number of fused-ring (bicyclic) bond motifs is 1. The molecule has 206 valence electrons. The van der Waals surface area contributed by atoms with Crippen molar-refractivity contribution in [3.05, 3.63) is 60.9 Å². The van der Waals surface area contributed by atoms with Gasteiger partial charge in [0.25, 0.3) is 5.56 Å². The molecule has 0 unspecified atom stereocenters. The molecular formula is C25H29FN2O9S. The number of methoxy groups -OCH3 is 1. The lowest BCUT2D eigenvalue weighted by Crippen LogP contribution is -2.52. The molecule has 2 heterocycles. The highest BCUT2D eigenvalue weighted by molar-refractivity contribution is 7.20. The number of hydrogen-bond acceptors (Lipinski definition) is 9. The number of rotatable bonds is 11. The molecule has 0 aliphatic heterocycles. The maximum atomic E-state index is 14.2. The number of carboxylic acid groups (broad SMARTS) is 1. The number of ether oxygens (including phenoxy) is 3. The number of esters is 1. The number of nitrogens with zero attached hydrogens (tertiary/aromatic N) is 2. The van der Waals surface area contributed by atoms with E-state index in [4.69, 9.17) is 14.2 Å². The number of thiophene rings is 1. The Morgan fingerprint density at radius 2 is 1.92 bits per heavy atom. The summed E-state index contributed by atoms with van der Waals surface area (Å²) in [6.07, 6.45) is -1.07. The van der Waals surface area contributed by atoms with Crippen LogP contribution in [-0.4, -0.2) is 58.2 Å². The van der Waals surface area contributed by atoms with Crippen LogP contribution in [-0.2, 0) is 26.4 Å². The van der Waals surface area contributed by atoms with E-state index in [1.165, 1.54) is 40.0 Å². The van der Waals surface area contributed by atoms with Gasteiger partial charge in [0.1, 0.15) is 32.9 Å². The molecule has 2 N–H and O–H groups in total. The third-order valence-corrected chi connectivity index (χ3v) is 7.35. The summed E-state index contributed by atoms with van der Waals surface area (Å²) in [4.78, 5) is 52.2. The number of aliphatic hydroxyl groups excluding tert-OH is 1. The molecule has 0 saturated heterocycles. The van der Waals surface area contributed by atoms with Crippen LogP contribution in [0.1, 0.15) is 47.7 Å². The summed E-state index contributed by atoms with van der Waals surface area (Å²) in [7, 11) is 1.37. The van der Waals surface area contributed by atoms with E-state index in [9.17, 15) is 33.8 Å². The van der Waals surface area contributed by atoms with Crippen LogP contribution in [0.5, 0.6) is 5.75 Å². The predicted octanol–water partition coefficient (Wildman–Crippen LogP) is 2.43. The third-order valence-electron chi connectivity index (χ3n) is 6.05. The lowest BCUT2D eigenvalue weighted by atomic mass is 10.1. The summed E-state index contributed by atoms with van der Waals surface area (Å²) < 4.78 is 32.2. The summed E-state index contributed by atoms with van der Waals surface area (Å²) in [5, 5.41) is 19.2. The summed E-state index contributed by atoms with van der Waals surface area (Å²) in [6.45, 7) is 4.73. The minimum atomic E-state index is -1.96. The Labute approximate surface area is 220 Å². The molecule has 38 heavy (non-hydrogen) atoms. The SMILES string of the molecule is CCOC(=O)c1sc2c(c1C)c(=O)n(C(C)(C)C(=O)O)c(=O)n2C[C@H](OCCO)c1cc(F)ccc1OC. The van der Waals surface area contributed by atoms with Gasteiger partial charge in [0.05, 0.1) is 38.9 Å². The Bertz CT molecular complexity index is 1490. The smallest absolute Gasteiger partial charge is 0.348 e. The van der Waals surface area contributed by atoms with Crippen LogP contribution in [0.3, 0.4) is 0 Å².